The van der Waals surface area contributed by atoms with Crippen LogP contribution in [0.4, 0.5) is 0 Å². The number of nitrogens with zero attached hydrogens (tertiary/aromatic N) is 1. The van der Waals surface area contributed by atoms with E-state index in [0.29, 0.717) is 18.7 Å². The van der Waals surface area contributed by atoms with Crippen molar-refractivity contribution in [1.82, 2.24) is 4.98 Å². The molecule has 0 amide bonds. The number of pyridine rings is 1. The Balaban J connectivity index is 2.00. The maximum absolute atomic E-state index is 10.2. The van der Waals surface area contributed by atoms with Crippen LogP contribution in [0.25, 0.3) is 0 Å². The maximum atomic E-state index is 10.2. The van der Waals surface area contributed by atoms with Gasteiger partial charge in [-0.25, -0.2) is 4.98 Å². The fraction of sp³-hybridized carbons (Fsp3) is 0.353. The molecule has 1 unspecified atom stereocenters. The molecule has 3 nitrogen and oxygen atoms in total. The standard InChI is InChI=1S/C17H21NO2/c1-12-4-5-13(2)15(8-12)10-16(19)9-14-6-7-17(20-3)18-11-14/h4-8,11,16,19H,9-10H2,1-3H3. The average molecular weight is 271 g/mol. The van der Waals surface area contributed by atoms with E-state index in [0.717, 1.165) is 5.56 Å². The van der Waals surface area contributed by atoms with Gasteiger partial charge in [0.2, 0.25) is 5.88 Å². The average Bonchev–Trinajstić information content (AvgIpc) is 2.43. The molecule has 0 saturated carbocycles. The molecule has 1 heterocycles. The first-order valence-corrected chi connectivity index (χ1v) is 6.81. The van der Waals surface area contributed by atoms with Crippen molar-refractivity contribution >= 4 is 0 Å². The van der Waals surface area contributed by atoms with E-state index in [1.165, 1.54) is 16.7 Å². The van der Waals surface area contributed by atoms with Crippen LogP contribution in [-0.2, 0) is 12.8 Å². The third-order valence-electron chi connectivity index (χ3n) is 3.44. The van der Waals surface area contributed by atoms with Gasteiger partial charge in [-0.1, -0.05) is 29.8 Å². The molecule has 0 fully saturated rings. The Labute approximate surface area is 120 Å². The van der Waals surface area contributed by atoms with Crippen molar-refractivity contribution in [1.29, 1.82) is 0 Å². The van der Waals surface area contributed by atoms with Crippen LogP contribution < -0.4 is 4.74 Å². The smallest absolute Gasteiger partial charge is 0.212 e. The number of benzene rings is 1. The number of hydrogen-bond donors (Lipinski definition) is 1. The van der Waals surface area contributed by atoms with Crippen molar-refractivity contribution in [2.75, 3.05) is 7.11 Å². The summed E-state index contributed by atoms with van der Waals surface area (Å²) in [5, 5.41) is 10.2. The first-order valence-electron chi connectivity index (χ1n) is 6.81. The monoisotopic (exact) mass is 271 g/mol. The number of ether oxygens (including phenoxy) is 1. The number of hydrogen-bond acceptors (Lipinski definition) is 3. The summed E-state index contributed by atoms with van der Waals surface area (Å²) >= 11 is 0. The predicted octanol–water partition coefficient (Wildman–Crippen LogP) is 2.85. The second-order valence-electron chi connectivity index (χ2n) is 5.20. The minimum absolute atomic E-state index is 0.398. The zero-order valence-electron chi connectivity index (χ0n) is 12.3. The first kappa shape index (κ1) is 14.5. The molecule has 0 aliphatic carbocycles. The number of aliphatic hydroxyl groups excluding tert-OH is 1. The van der Waals surface area contributed by atoms with Crippen LogP contribution in [0.3, 0.4) is 0 Å². The van der Waals surface area contributed by atoms with Crippen LogP contribution in [-0.4, -0.2) is 23.3 Å². The Hall–Kier alpha value is -1.87. The summed E-state index contributed by atoms with van der Waals surface area (Å²) in [5.41, 5.74) is 4.67. The Kier molecular flexibility index (Phi) is 4.74. The van der Waals surface area contributed by atoms with E-state index in [9.17, 15) is 5.11 Å². The Morgan fingerprint density at radius 2 is 1.95 bits per heavy atom. The number of rotatable bonds is 5. The molecule has 106 valence electrons. The predicted molar refractivity (Wildman–Crippen MR) is 80.1 cm³/mol. The minimum Gasteiger partial charge on any atom is -0.481 e. The van der Waals surface area contributed by atoms with Crippen molar-refractivity contribution in [2.45, 2.75) is 32.8 Å². The van der Waals surface area contributed by atoms with Gasteiger partial charge in [-0.2, -0.15) is 0 Å². The number of methoxy groups -OCH3 is 1. The molecule has 0 bridgehead atoms. The molecule has 3 heteroatoms. The van der Waals surface area contributed by atoms with Crippen molar-refractivity contribution < 1.29 is 9.84 Å². The molecule has 0 aliphatic heterocycles. The highest BCUT2D eigenvalue weighted by atomic mass is 16.5. The summed E-state index contributed by atoms with van der Waals surface area (Å²) in [6.07, 6.45) is 2.63. The van der Waals surface area contributed by atoms with E-state index in [-0.39, 0.29) is 0 Å². The Morgan fingerprint density at radius 1 is 1.15 bits per heavy atom. The molecule has 0 radical (unpaired) electrons. The molecular formula is C17H21NO2. The normalized spacial score (nSPS) is 12.2. The Morgan fingerprint density at radius 3 is 2.60 bits per heavy atom. The van der Waals surface area contributed by atoms with Gasteiger partial charge in [0.25, 0.3) is 0 Å². The molecule has 2 rings (SSSR count). The lowest BCUT2D eigenvalue weighted by Gasteiger charge is -2.13. The van der Waals surface area contributed by atoms with E-state index in [2.05, 4.69) is 37.0 Å². The number of aromatic nitrogens is 1. The highest BCUT2D eigenvalue weighted by molar-refractivity contribution is 5.31. The van der Waals surface area contributed by atoms with Gasteiger partial charge in [-0.3, -0.25) is 0 Å². The van der Waals surface area contributed by atoms with Crippen LogP contribution in [0.1, 0.15) is 22.3 Å². The van der Waals surface area contributed by atoms with E-state index < -0.39 is 6.10 Å². The minimum atomic E-state index is -0.398. The van der Waals surface area contributed by atoms with Gasteiger partial charge >= 0.3 is 0 Å². The second-order valence-corrected chi connectivity index (χ2v) is 5.20. The van der Waals surface area contributed by atoms with Gasteiger partial charge in [0.1, 0.15) is 0 Å². The maximum Gasteiger partial charge on any atom is 0.212 e. The van der Waals surface area contributed by atoms with E-state index in [1.54, 1.807) is 13.3 Å². The summed E-state index contributed by atoms with van der Waals surface area (Å²) in [5.74, 6) is 0.595. The molecule has 20 heavy (non-hydrogen) atoms. The topological polar surface area (TPSA) is 42.4 Å². The Bertz CT molecular complexity index is 564. The van der Waals surface area contributed by atoms with E-state index >= 15 is 0 Å². The van der Waals surface area contributed by atoms with Crippen LogP contribution in [0.15, 0.2) is 36.5 Å². The van der Waals surface area contributed by atoms with Gasteiger partial charge < -0.3 is 9.84 Å². The molecule has 0 spiro atoms. The molecule has 0 saturated heterocycles. The molecule has 1 N–H and O–H groups in total. The molecule has 2 aromatic rings. The molecule has 1 aromatic carbocycles. The van der Waals surface area contributed by atoms with Crippen molar-refractivity contribution in [3.8, 4) is 5.88 Å². The molecule has 1 atom stereocenters. The van der Waals surface area contributed by atoms with Crippen LogP contribution in [0.2, 0.25) is 0 Å². The van der Waals surface area contributed by atoms with Crippen LogP contribution in [0, 0.1) is 13.8 Å². The zero-order chi connectivity index (χ0) is 14.5. The molecule has 1 aromatic heterocycles. The fourth-order valence-corrected chi connectivity index (χ4v) is 2.27. The largest absolute Gasteiger partial charge is 0.481 e. The summed E-state index contributed by atoms with van der Waals surface area (Å²) in [6, 6.07) is 10.1. The zero-order valence-corrected chi connectivity index (χ0v) is 12.3. The lowest BCUT2D eigenvalue weighted by atomic mass is 9.97. The van der Waals surface area contributed by atoms with Gasteiger partial charge in [0.05, 0.1) is 13.2 Å². The molecule has 0 aliphatic rings. The second kappa shape index (κ2) is 6.53. The highest BCUT2D eigenvalue weighted by Gasteiger charge is 2.09. The highest BCUT2D eigenvalue weighted by Crippen LogP contribution is 2.15. The summed E-state index contributed by atoms with van der Waals surface area (Å²) < 4.78 is 5.03. The van der Waals surface area contributed by atoms with Crippen molar-refractivity contribution in [3.63, 3.8) is 0 Å². The van der Waals surface area contributed by atoms with Crippen molar-refractivity contribution in [3.05, 3.63) is 58.8 Å². The lowest BCUT2D eigenvalue weighted by molar-refractivity contribution is 0.175. The van der Waals surface area contributed by atoms with Gasteiger partial charge in [0.15, 0.2) is 0 Å². The van der Waals surface area contributed by atoms with Gasteiger partial charge in [-0.05, 0) is 37.0 Å². The number of aliphatic hydroxyl groups is 1. The van der Waals surface area contributed by atoms with Gasteiger partial charge in [-0.15, -0.1) is 0 Å². The first-order chi connectivity index (χ1) is 9.58. The third-order valence-corrected chi connectivity index (χ3v) is 3.44. The van der Waals surface area contributed by atoms with E-state index in [1.807, 2.05) is 12.1 Å². The fourth-order valence-electron chi connectivity index (χ4n) is 2.27. The van der Waals surface area contributed by atoms with Crippen LogP contribution in [0.5, 0.6) is 5.88 Å². The van der Waals surface area contributed by atoms with Crippen LogP contribution >= 0.6 is 0 Å². The quantitative estimate of drug-likeness (QED) is 0.909. The number of aryl methyl sites for hydroxylation is 2. The molecular weight excluding hydrogens is 250 g/mol. The lowest BCUT2D eigenvalue weighted by Crippen LogP contribution is -2.15. The van der Waals surface area contributed by atoms with Crippen molar-refractivity contribution in [2.24, 2.45) is 0 Å². The van der Waals surface area contributed by atoms with E-state index in [4.69, 9.17) is 4.74 Å². The third kappa shape index (κ3) is 3.81. The van der Waals surface area contributed by atoms with Gasteiger partial charge in [0, 0.05) is 18.7 Å². The summed E-state index contributed by atoms with van der Waals surface area (Å²) in [6.45, 7) is 4.15. The summed E-state index contributed by atoms with van der Waals surface area (Å²) in [7, 11) is 1.59. The summed E-state index contributed by atoms with van der Waals surface area (Å²) in [4.78, 5) is 4.16. The SMILES string of the molecule is COc1ccc(CC(O)Cc2cc(C)ccc2C)cn1.